The van der Waals surface area contributed by atoms with Crippen LogP contribution in [0.4, 0.5) is 0 Å². The van der Waals surface area contributed by atoms with Crippen LogP contribution in [0.5, 0.6) is 0 Å². The first-order valence-corrected chi connectivity index (χ1v) is 11.3. The van der Waals surface area contributed by atoms with Crippen LogP contribution in [0.2, 0.25) is 0 Å². The van der Waals surface area contributed by atoms with Crippen LogP contribution in [0.3, 0.4) is 0 Å². The Morgan fingerprint density at radius 2 is 2.00 bits per heavy atom. The lowest BCUT2D eigenvalue weighted by molar-refractivity contribution is -0.205. The van der Waals surface area contributed by atoms with Crippen LogP contribution in [-0.4, -0.2) is 107 Å². The molecule has 0 aliphatic carbocycles. The average molecular weight is 440 g/mol. The molecule has 162 valence electrons. The lowest BCUT2D eigenvalue weighted by atomic mass is 9.92. The molecular formula is C17H30ClN3O6S. The second-order valence-corrected chi connectivity index (χ2v) is 9.20. The first-order chi connectivity index (χ1) is 13.3. The van der Waals surface area contributed by atoms with Crippen molar-refractivity contribution >= 4 is 29.3 Å². The Morgan fingerprint density at radius 3 is 2.68 bits per heavy atom. The number of alkyl halides is 1. The van der Waals surface area contributed by atoms with Crippen LogP contribution in [0.1, 0.15) is 6.92 Å². The summed E-state index contributed by atoms with van der Waals surface area (Å²) < 4.78 is 11.6. The molecule has 0 spiro atoms. The molecule has 0 aromatic rings. The number of thioether (sulfide) groups is 1. The number of amides is 1. The van der Waals surface area contributed by atoms with E-state index in [0.717, 1.165) is 13.1 Å². The highest BCUT2D eigenvalue weighted by Crippen LogP contribution is 2.30. The van der Waals surface area contributed by atoms with E-state index in [-0.39, 0.29) is 17.9 Å². The number of hydrogen-bond donors (Lipinski definition) is 6. The zero-order valence-electron chi connectivity index (χ0n) is 16.0. The van der Waals surface area contributed by atoms with Gasteiger partial charge in [-0.2, -0.15) is 0 Å². The molecule has 3 aliphatic heterocycles. The van der Waals surface area contributed by atoms with Gasteiger partial charge in [0.05, 0.1) is 24.1 Å². The molecule has 0 saturated carbocycles. The minimum Gasteiger partial charge on any atom is -0.388 e. The molecule has 0 bridgehead atoms. The number of carbonyl (C=O) groups is 1. The molecule has 3 heterocycles. The lowest BCUT2D eigenvalue weighted by Crippen LogP contribution is -2.65. The molecule has 0 radical (unpaired) electrons. The highest BCUT2D eigenvalue weighted by atomic mass is 35.5. The Labute approximate surface area is 173 Å². The molecule has 28 heavy (non-hydrogen) atoms. The van der Waals surface area contributed by atoms with E-state index >= 15 is 0 Å². The summed E-state index contributed by atoms with van der Waals surface area (Å²) in [6.45, 7) is 4.41. The van der Waals surface area contributed by atoms with E-state index in [1.165, 1.54) is 11.8 Å². The fraction of sp³-hybridized carbons (Fsp3) is 0.941. The molecule has 3 aliphatic rings. The summed E-state index contributed by atoms with van der Waals surface area (Å²) in [6, 6.07) is -1.29. The van der Waals surface area contributed by atoms with Gasteiger partial charge in [0.15, 0.2) is 0 Å². The van der Waals surface area contributed by atoms with Crippen molar-refractivity contribution < 1.29 is 29.6 Å². The molecule has 6 N–H and O–H groups in total. The molecule has 1 amide bonds. The highest BCUT2D eigenvalue weighted by molar-refractivity contribution is 7.99. The van der Waals surface area contributed by atoms with Crippen LogP contribution in [0, 0.1) is 5.92 Å². The first kappa shape index (κ1) is 22.5. The lowest BCUT2D eigenvalue weighted by Gasteiger charge is -2.44. The number of aliphatic hydroxyl groups excluding tert-OH is 3. The molecule has 0 aromatic heterocycles. The highest BCUT2D eigenvalue weighted by Gasteiger charge is 2.49. The fourth-order valence-corrected chi connectivity index (χ4v) is 4.96. The van der Waals surface area contributed by atoms with Crippen molar-refractivity contribution in [3.8, 4) is 0 Å². The van der Waals surface area contributed by atoms with Crippen molar-refractivity contribution in [1.82, 2.24) is 16.0 Å². The minimum absolute atomic E-state index is 0.194. The average Bonchev–Trinajstić information content (AvgIpc) is 2.93. The van der Waals surface area contributed by atoms with E-state index < -0.39 is 47.3 Å². The summed E-state index contributed by atoms with van der Waals surface area (Å²) >= 11 is 7.53. The van der Waals surface area contributed by atoms with E-state index in [1.54, 1.807) is 13.2 Å². The van der Waals surface area contributed by atoms with Gasteiger partial charge in [0.25, 0.3) is 0 Å². The molecule has 3 saturated heterocycles. The maximum Gasteiger partial charge on any atom is 0.240 e. The molecule has 9 nitrogen and oxygen atoms in total. The second-order valence-electron chi connectivity index (χ2n) is 7.57. The van der Waals surface area contributed by atoms with E-state index in [1.807, 2.05) is 0 Å². The van der Waals surface area contributed by atoms with E-state index in [0.29, 0.717) is 13.2 Å². The Bertz CT molecular complexity index is 545. The SMILES string of the molecule is CSC1O[C@H]([C@H](NC(=O)[C@H]2NC[C@@H]3CNCCO[C@H]32)[C@H](C)Cl)C(O)C(O)[C@H]1O. The number of nitrogens with one attached hydrogen (secondary N) is 3. The third-order valence-electron chi connectivity index (χ3n) is 5.67. The number of carbonyl (C=O) groups excluding carboxylic acids is 1. The van der Waals surface area contributed by atoms with E-state index in [9.17, 15) is 20.1 Å². The Kier molecular flexibility index (Phi) is 7.85. The van der Waals surface area contributed by atoms with Gasteiger partial charge < -0.3 is 40.7 Å². The zero-order chi connectivity index (χ0) is 20.4. The second kappa shape index (κ2) is 9.76. The minimum atomic E-state index is -1.39. The van der Waals surface area contributed by atoms with Crippen molar-refractivity contribution in [3.63, 3.8) is 0 Å². The summed E-state index contributed by atoms with van der Waals surface area (Å²) in [5.41, 5.74) is -0.733. The summed E-state index contributed by atoms with van der Waals surface area (Å²) in [4.78, 5) is 13.0. The van der Waals surface area contributed by atoms with Gasteiger partial charge in [-0.25, -0.2) is 0 Å². The number of halogens is 1. The normalized spacial score (nSPS) is 43.6. The summed E-state index contributed by atoms with van der Waals surface area (Å²) in [5, 5.41) is 39.5. The monoisotopic (exact) mass is 439 g/mol. The van der Waals surface area contributed by atoms with Crippen molar-refractivity contribution in [2.24, 2.45) is 5.92 Å². The van der Waals surface area contributed by atoms with Gasteiger partial charge in [-0.05, 0) is 13.2 Å². The van der Waals surface area contributed by atoms with E-state index in [4.69, 9.17) is 21.1 Å². The predicted molar refractivity (Wildman–Crippen MR) is 105 cm³/mol. The third-order valence-corrected chi connectivity index (χ3v) is 6.79. The van der Waals surface area contributed by atoms with Crippen molar-refractivity contribution in [1.29, 1.82) is 0 Å². The maximum atomic E-state index is 13.0. The van der Waals surface area contributed by atoms with Crippen molar-refractivity contribution in [2.45, 2.75) is 60.3 Å². The van der Waals surface area contributed by atoms with Crippen LogP contribution in [0.15, 0.2) is 0 Å². The maximum absolute atomic E-state index is 13.0. The van der Waals surface area contributed by atoms with Gasteiger partial charge in [-0.3, -0.25) is 4.79 Å². The molecule has 3 unspecified atom stereocenters. The van der Waals surface area contributed by atoms with Gasteiger partial charge >= 0.3 is 0 Å². The fourth-order valence-electron chi connectivity index (χ4n) is 4.08. The first-order valence-electron chi connectivity index (χ1n) is 9.57. The molecule has 3 fully saturated rings. The predicted octanol–water partition coefficient (Wildman–Crippen LogP) is -2.15. The van der Waals surface area contributed by atoms with Gasteiger partial charge in [0, 0.05) is 25.6 Å². The van der Waals surface area contributed by atoms with Gasteiger partial charge in [-0.1, -0.05) is 0 Å². The topological polar surface area (TPSA) is 132 Å². The summed E-state index contributed by atoms with van der Waals surface area (Å²) in [5.74, 6) is -0.0940. The van der Waals surface area contributed by atoms with E-state index in [2.05, 4.69) is 16.0 Å². The van der Waals surface area contributed by atoms with Crippen LogP contribution in [-0.2, 0) is 14.3 Å². The van der Waals surface area contributed by atoms with Crippen LogP contribution >= 0.6 is 23.4 Å². The summed E-state index contributed by atoms with van der Waals surface area (Å²) in [7, 11) is 0. The van der Waals surface area contributed by atoms with Crippen molar-refractivity contribution in [2.75, 3.05) is 32.5 Å². The molecular weight excluding hydrogens is 410 g/mol. The van der Waals surface area contributed by atoms with Crippen molar-refractivity contribution in [3.05, 3.63) is 0 Å². The quantitative estimate of drug-likeness (QED) is 0.265. The molecule has 10 atom stereocenters. The Morgan fingerprint density at radius 1 is 1.25 bits per heavy atom. The van der Waals surface area contributed by atoms with Gasteiger partial charge in [-0.15, -0.1) is 23.4 Å². The van der Waals surface area contributed by atoms with Crippen LogP contribution < -0.4 is 16.0 Å². The Hall–Kier alpha value is -0.170. The zero-order valence-corrected chi connectivity index (χ0v) is 17.5. The number of rotatable bonds is 5. The third kappa shape index (κ3) is 4.60. The summed E-state index contributed by atoms with van der Waals surface area (Å²) in [6.07, 6.45) is -3.48. The van der Waals surface area contributed by atoms with Gasteiger partial charge in [0.2, 0.25) is 5.91 Å². The number of fused-ring (bicyclic) bond motifs is 1. The standard InChI is InChI=1S/C17H30ClN3O6S/c1-7(18)9(15-12(23)11(22)13(24)17(27-15)28-2)21-16(25)10-14-8(6-20-10)5-19-3-4-26-14/h7-15,17,19-20,22-24H,3-6H2,1-2H3,(H,21,25)/t7-,8-,9+,10-,11?,12?,13+,14+,15+,17?/m0/s1. The Balaban J connectivity index is 1.71. The largest absolute Gasteiger partial charge is 0.388 e. The number of aliphatic hydroxyl groups is 3. The molecule has 11 heteroatoms. The number of ether oxygens (including phenoxy) is 2. The molecule has 3 rings (SSSR count). The smallest absolute Gasteiger partial charge is 0.240 e. The van der Waals surface area contributed by atoms with Crippen LogP contribution in [0.25, 0.3) is 0 Å². The molecule has 0 aromatic carbocycles. The van der Waals surface area contributed by atoms with Gasteiger partial charge in [0.1, 0.15) is 35.9 Å². The number of hydrogen-bond acceptors (Lipinski definition) is 9.